The molecule has 0 spiro atoms. The predicted molar refractivity (Wildman–Crippen MR) is 88.3 cm³/mol. The minimum atomic E-state index is 0.460. The number of para-hydroxylation sites is 1. The molecule has 1 N–H and O–H groups in total. The molecule has 0 saturated heterocycles. The second-order valence-electron chi connectivity index (χ2n) is 4.93. The quantitative estimate of drug-likeness (QED) is 0.747. The molecule has 0 fully saturated rings. The van der Waals surface area contributed by atoms with Gasteiger partial charge in [-0.2, -0.15) is 0 Å². The fourth-order valence-corrected chi connectivity index (χ4v) is 2.41. The number of methoxy groups -OCH3 is 1. The summed E-state index contributed by atoms with van der Waals surface area (Å²) in [6, 6.07) is 15.2. The largest absolute Gasteiger partial charge is 0.496 e. The predicted octanol–water partition coefficient (Wildman–Crippen LogP) is 3.69. The summed E-state index contributed by atoms with van der Waals surface area (Å²) in [5.74, 6) is 1.83. The van der Waals surface area contributed by atoms with E-state index >= 15 is 0 Å². The second kappa shape index (κ2) is 7.26. The third-order valence-corrected chi connectivity index (χ3v) is 3.56. The summed E-state index contributed by atoms with van der Waals surface area (Å²) in [5, 5.41) is 12.0. The number of halogens is 1. The van der Waals surface area contributed by atoms with E-state index in [4.69, 9.17) is 20.8 Å². The van der Waals surface area contributed by atoms with Crippen LogP contribution < -0.4 is 10.1 Å². The molecule has 0 bridgehead atoms. The van der Waals surface area contributed by atoms with Crippen molar-refractivity contribution in [2.75, 3.05) is 7.11 Å². The summed E-state index contributed by atoms with van der Waals surface area (Å²) < 4.78 is 11.0. The van der Waals surface area contributed by atoms with Gasteiger partial charge in [-0.15, -0.1) is 10.2 Å². The van der Waals surface area contributed by atoms with Crippen molar-refractivity contribution in [2.45, 2.75) is 13.1 Å². The summed E-state index contributed by atoms with van der Waals surface area (Å²) in [6.07, 6.45) is 0. The maximum absolute atomic E-state index is 5.97. The van der Waals surface area contributed by atoms with Crippen LogP contribution in [0.15, 0.2) is 52.9 Å². The van der Waals surface area contributed by atoms with Crippen LogP contribution in [0.1, 0.15) is 11.5 Å². The Bertz CT molecular complexity index is 789. The maximum atomic E-state index is 5.97. The van der Waals surface area contributed by atoms with Gasteiger partial charge in [-0.25, -0.2) is 0 Å². The van der Waals surface area contributed by atoms with Crippen LogP contribution in [0, 0.1) is 0 Å². The van der Waals surface area contributed by atoms with Gasteiger partial charge in [0.1, 0.15) is 5.75 Å². The van der Waals surface area contributed by atoms with Crippen molar-refractivity contribution in [2.24, 2.45) is 0 Å². The normalized spacial score (nSPS) is 10.7. The van der Waals surface area contributed by atoms with Crippen LogP contribution in [0.4, 0.5) is 0 Å². The van der Waals surface area contributed by atoms with Gasteiger partial charge in [0, 0.05) is 22.7 Å². The maximum Gasteiger partial charge on any atom is 0.247 e. The van der Waals surface area contributed by atoms with Crippen LogP contribution in [0.3, 0.4) is 0 Å². The molecule has 2 aromatic carbocycles. The molecule has 3 aromatic rings. The molecule has 1 aromatic heterocycles. The van der Waals surface area contributed by atoms with Gasteiger partial charge in [-0.05, 0) is 24.3 Å². The molecular formula is C17H16ClN3O2. The van der Waals surface area contributed by atoms with Crippen molar-refractivity contribution in [1.82, 2.24) is 15.5 Å². The summed E-state index contributed by atoms with van der Waals surface area (Å²) in [7, 11) is 1.66. The van der Waals surface area contributed by atoms with Crippen LogP contribution in [0.5, 0.6) is 5.75 Å². The topological polar surface area (TPSA) is 60.2 Å². The Morgan fingerprint density at radius 2 is 1.96 bits per heavy atom. The average Bonchev–Trinajstić information content (AvgIpc) is 3.04. The molecule has 5 nitrogen and oxygen atoms in total. The summed E-state index contributed by atoms with van der Waals surface area (Å²) in [5.41, 5.74) is 1.88. The SMILES string of the molecule is COc1ccccc1CNCc1nnc(-c2cccc(Cl)c2)o1. The van der Waals surface area contributed by atoms with Gasteiger partial charge in [0.25, 0.3) is 0 Å². The number of hydrogen-bond donors (Lipinski definition) is 1. The number of hydrogen-bond acceptors (Lipinski definition) is 5. The molecule has 118 valence electrons. The van der Waals surface area contributed by atoms with E-state index in [0.29, 0.717) is 29.9 Å². The third-order valence-electron chi connectivity index (χ3n) is 3.32. The van der Waals surface area contributed by atoms with Crippen LogP contribution in [0.2, 0.25) is 5.02 Å². The Kier molecular flexibility index (Phi) is 4.90. The molecular weight excluding hydrogens is 314 g/mol. The Hall–Kier alpha value is -2.37. The Labute approximate surface area is 139 Å². The van der Waals surface area contributed by atoms with Gasteiger partial charge in [0.2, 0.25) is 11.8 Å². The fourth-order valence-electron chi connectivity index (χ4n) is 2.22. The third kappa shape index (κ3) is 3.88. The van der Waals surface area contributed by atoms with E-state index in [1.165, 1.54) is 0 Å². The number of benzene rings is 2. The number of aromatic nitrogens is 2. The van der Waals surface area contributed by atoms with Crippen LogP contribution in [-0.2, 0) is 13.1 Å². The van der Waals surface area contributed by atoms with Crippen LogP contribution in [0.25, 0.3) is 11.5 Å². The molecule has 3 rings (SSSR count). The van der Waals surface area contributed by atoms with E-state index in [-0.39, 0.29) is 0 Å². The highest BCUT2D eigenvalue weighted by Crippen LogP contribution is 2.21. The van der Waals surface area contributed by atoms with E-state index in [0.717, 1.165) is 16.9 Å². The Balaban J connectivity index is 1.61. The van der Waals surface area contributed by atoms with Gasteiger partial charge in [0.05, 0.1) is 13.7 Å². The smallest absolute Gasteiger partial charge is 0.247 e. The standard InChI is InChI=1S/C17H16ClN3O2/c1-22-15-8-3-2-5-13(15)10-19-11-16-20-21-17(23-16)12-6-4-7-14(18)9-12/h2-9,19H,10-11H2,1H3. The fraction of sp³-hybridized carbons (Fsp3) is 0.176. The molecule has 0 aliphatic rings. The van der Waals surface area contributed by atoms with Crippen molar-refractivity contribution in [3.63, 3.8) is 0 Å². The van der Waals surface area contributed by atoms with E-state index in [2.05, 4.69) is 15.5 Å². The molecule has 23 heavy (non-hydrogen) atoms. The molecule has 0 aliphatic heterocycles. The molecule has 1 heterocycles. The Morgan fingerprint density at radius 3 is 2.78 bits per heavy atom. The lowest BCUT2D eigenvalue weighted by atomic mass is 10.2. The highest BCUT2D eigenvalue weighted by Gasteiger charge is 2.09. The molecule has 0 aliphatic carbocycles. The van der Waals surface area contributed by atoms with Gasteiger partial charge < -0.3 is 14.5 Å². The van der Waals surface area contributed by atoms with Crippen molar-refractivity contribution in [1.29, 1.82) is 0 Å². The monoisotopic (exact) mass is 329 g/mol. The highest BCUT2D eigenvalue weighted by atomic mass is 35.5. The zero-order valence-electron chi connectivity index (χ0n) is 12.6. The van der Waals surface area contributed by atoms with Gasteiger partial charge in [-0.1, -0.05) is 35.9 Å². The summed E-state index contributed by atoms with van der Waals surface area (Å²) in [4.78, 5) is 0. The molecule has 0 atom stereocenters. The van der Waals surface area contributed by atoms with Crippen LogP contribution in [-0.4, -0.2) is 17.3 Å². The van der Waals surface area contributed by atoms with E-state index < -0.39 is 0 Å². The first-order chi connectivity index (χ1) is 11.3. The first-order valence-electron chi connectivity index (χ1n) is 7.17. The molecule has 0 amide bonds. The minimum Gasteiger partial charge on any atom is -0.496 e. The van der Waals surface area contributed by atoms with Gasteiger partial charge in [0.15, 0.2) is 0 Å². The second-order valence-corrected chi connectivity index (χ2v) is 5.36. The minimum absolute atomic E-state index is 0.460. The molecule has 0 radical (unpaired) electrons. The lowest BCUT2D eigenvalue weighted by Crippen LogP contribution is -2.13. The first kappa shape index (κ1) is 15.5. The molecule has 6 heteroatoms. The van der Waals surface area contributed by atoms with E-state index in [1.807, 2.05) is 36.4 Å². The molecule has 0 unspecified atom stereocenters. The van der Waals surface area contributed by atoms with E-state index in [9.17, 15) is 0 Å². The molecule has 0 saturated carbocycles. The zero-order valence-corrected chi connectivity index (χ0v) is 13.4. The lowest BCUT2D eigenvalue weighted by molar-refractivity contribution is 0.406. The van der Waals surface area contributed by atoms with Crippen molar-refractivity contribution < 1.29 is 9.15 Å². The summed E-state index contributed by atoms with van der Waals surface area (Å²) in [6.45, 7) is 1.13. The number of rotatable bonds is 6. The van der Waals surface area contributed by atoms with Crippen molar-refractivity contribution in [3.8, 4) is 17.2 Å². The lowest BCUT2D eigenvalue weighted by Gasteiger charge is -2.07. The number of ether oxygens (including phenoxy) is 1. The van der Waals surface area contributed by atoms with Crippen molar-refractivity contribution in [3.05, 3.63) is 65.0 Å². The van der Waals surface area contributed by atoms with Crippen LogP contribution >= 0.6 is 11.6 Å². The van der Waals surface area contributed by atoms with Gasteiger partial charge >= 0.3 is 0 Å². The summed E-state index contributed by atoms with van der Waals surface area (Å²) >= 11 is 5.97. The zero-order chi connectivity index (χ0) is 16.1. The van der Waals surface area contributed by atoms with Crippen molar-refractivity contribution >= 4 is 11.6 Å². The number of nitrogens with zero attached hydrogens (tertiary/aromatic N) is 2. The van der Waals surface area contributed by atoms with E-state index in [1.54, 1.807) is 19.2 Å². The Morgan fingerprint density at radius 1 is 1.09 bits per heavy atom. The average molecular weight is 330 g/mol. The van der Waals surface area contributed by atoms with Gasteiger partial charge in [-0.3, -0.25) is 0 Å². The number of nitrogens with one attached hydrogen (secondary N) is 1. The first-order valence-corrected chi connectivity index (χ1v) is 7.55. The highest BCUT2D eigenvalue weighted by molar-refractivity contribution is 6.30.